The first-order chi connectivity index (χ1) is 13.8. The smallest absolute Gasteiger partial charge is 0.216 e. The Balaban J connectivity index is 1.81. The van der Waals surface area contributed by atoms with Gasteiger partial charge in [-0.2, -0.15) is 0 Å². The summed E-state index contributed by atoms with van der Waals surface area (Å²) in [4.78, 5) is 8.77. The molecular weight excluding hydrogens is 368 g/mol. The maximum Gasteiger partial charge on any atom is 0.216 e. The zero-order valence-electron chi connectivity index (χ0n) is 18.1. The molecule has 1 aromatic heterocycles. The molecule has 0 radical (unpaired) electrons. The van der Waals surface area contributed by atoms with Crippen molar-refractivity contribution in [1.29, 1.82) is 0 Å². The molecule has 0 saturated carbocycles. The lowest BCUT2D eigenvalue weighted by molar-refractivity contribution is -0.000600. The molecule has 7 heteroatoms. The van der Waals surface area contributed by atoms with E-state index in [1.807, 2.05) is 44.2 Å². The van der Waals surface area contributed by atoms with Gasteiger partial charge in [0.25, 0.3) is 0 Å². The third-order valence-electron chi connectivity index (χ3n) is 4.32. The number of oxazole rings is 1. The largest absolute Gasteiger partial charge is 0.443 e. The standard InChI is InChI=1S/C22H34N4O3/c1-6-23-21(26-14-20-24-13-19(29-20)22(3,4)5)25-12-18(27)15-28-16(2)17-10-8-7-9-11-17/h7-11,13,16,18,27H,6,12,14-15H2,1-5H3,(H2,23,25,26). The van der Waals surface area contributed by atoms with Gasteiger partial charge in [-0.3, -0.25) is 0 Å². The number of aliphatic hydroxyl groups is 1. The van der Waals surface area contributed by atoms with Crippen LogP contribution in [0.5, 0.6) is 0 Å². The number of rotatable bonds is 9. The van der Waals surface area contributed by atoms with Gasteiger partial charge >= 0.3 is 0 Å². The molecule has 29 heavy (non-hydrogen) atoms. The number of hydrogen-bond donors (Lipinski definition) is 3. The summed E-state index contributed by atoms with van der Waals surface area (Å²) >= 11 is 0. The minimum absolute atomic E-state index is 0.0743. The van der Waals surface area contributed by atoms with Gasteiger partial charge in [0, 0.05) is 18.5 Å². The first kappa shape index (κ1) is 22.9. The molecule has 2 unspecified atom stereocenters. The molecule has 0 amide bonds. The monoisotopic (exact) mass is 402 g/mol. The third kappa shape index (κ3) is 7.87. The number of aromatic nitrogens is 1. The van der Waals surface area contributed by atoms with Gasteiger partial charge in [0.05, 0.1) is 25.0 Å². The van der Waals surface area contributed by atoms with Crippen molar-refractivity contribution in [3.05, 3.63) is 53.7 Å². The number of aliphatic imine (C=N–C) groups is 1. The molecule has 0 aliphatic heterocycles. The molecule has 0 saturated heterocycles. The predicted molar refractivity (Wildman–Crippen MR) is 115 cm³/mol. The number of aliphatic hydroxyl groups excluding tert-OH is 1. The Morgan fingerprint density at radius 2 is 1.97 bits per heavy atom. The van der Waals surface area contributed by atoms with E-state index in [0.717, 1.165) is 11.3 Å². The average molecular weight is 403 g/mol. The zero-order valence-corrected chi connectivity index (χ0v) is 18.1. The van der Waals surface area contributed by atoms with Crippen LogP contribution in [0.15, 0.2) is 45.9 Å². The van der Waals surface area contributed by atoms with Crippen molar-refractivity contribution < 1.29 is 14.3 Å². The lowest BCUT2D eigenvalue weighted by Crippen LogP contribution is -2.42. The molecule has 0 aliphatic rings. The summed E-state index contributed by atoms with van der Waals surface area (Å²) in [5.74, 6) is 1.99. The van der Waals surface area contributed by atoms with Gasteiger partial charge < -0.3 is 24.9 Å². The second kappa shape index (κ2) is 11.0. The number of guanidine groups is 1. The lowest BCUT2D eigenvalue weighted by Gasteiger charge is -2.18. The van der Waals surface area contributed by atoms with E-state index in [-0.39, 0.29) is 18.1 Å². The molecular formula is C22H34N4O3. The van der Waals surface area contributed by atoms with Crippen LogP contribution in [0.2, 0.25) is 0 Å². The van der Waals surface area contributed by atoms with Crippen LogP contribution < -0.4 is 10.6 Å². The fraction of sp³-hybridized carbons (Fsp3) is 0.545. The van der Waals surface area contributed by atoms with Crippen LogP contribution >= 0.6 is 0 Å². The van der Waals surface area contributed by atoms with E-state index >= 15 is 0 Å². The highest BCUT2D eigenvalue weighted by molar-refractivity contribution is 5.79. The molecule has 0 bridgehead atoms. The highest BCUT2D eigenvalue weighted by Gasteiger charge is 2.19. The Kier molecular flexibility index (Phi) is 8.67. The van der Waals surface area contributed by atoms with Gasteiger partial charge in [-0.25, -0.2) is 9.98 Å². The van der Waals surface area contributed by atoms with E-state index in [2.05, 4.69) is 41.4 Å². The van der Waals surface area contributed by atoms with Crippen LogP contribution in [-0.4, -0.2) is 41.9 Å². The normalized spacial score (nSPS) is 14.5. The van der Waals surface area contributed by atoms with Gasteiger partial charge in [-0.15, -0.1) is 0 Å². The third-order valence-corrected chi connectivity index (χ3v) is 4.32. The van der Waals surface area contributed by atoms with Crippen LogP contribution in [0.1, 0.15) is 57.9 Å². The van der Waals surface area contributed by atoms with E-state index in [4.69, 9.17) is 9.15 Å². The minimum atomic E-state index is -0.653. The van der Waals surface area contributed by atoms with E-state index < -0.39 is 6.10 Å². The summed E-state index contributed by atoms with van der Waals surface area (Å²) in [6.45, 7) is 11.8. The summed E-state index contributed by atoms with van der Waals surface area (Å²) in [5, 5.41) is 16.5. The summed E-state index contributed by atoms with van der Waals surface area (Å²) < 4.78 is 11.5. The van der Waals surface area contributed by atoms with Crippen LogP contribution in [0, 0.1) is 0 Å². The fourth-order valence-electron chi connectivity index (χ4n) is 2.57. The van der Waals surface area contributed by atoms with Gasteiger partial charge in [-0.1, -0.05) is 51.1 Å². The van der Waals surface area contributed by atoms with Gasteiger partial charge in [0.2, 0.25) is 5.89 Å². The SMILES string of the molecule is CCNC(=NCc1ncc(C(C)(C)C)o1)NCC(O)COC(C)c1ccccc1. The van der Waals surface area contributed by atoms with Crippen LogP contribution in [0.25, 0.3) is 0 Å². The molecule has 2 rings (SSSR count). The average Bonchev–Trinajstić information content (AvgIpc) is 3.18. The van der Waals surface area contributed by atoms with Crippen LogP contribution in [-0.2, 0) is 16.7 Å². The van der Waals surface area contributed by atoms with Gasteiger partial charge in [0.1, 0.15) is 12.3 Å². The number of hydrogen-bond acceptors (Lipinski definition) is 5. The highest BCUT2D eigenvalue weighted by atomic mass is 16.5. The summed E-state index contributed by atoms with van der Waals surface area (Å²) in [5.41, 5.74) is 1.00. The molecule has 0 aliphatic carbocycles. The van der Waals surface area contributed by atoms with Crippen molar-refractivity contribution in [2.45, 2.75) is 58.8 Å². The van der Waals surface area contributed by atoms with Gasteiger partial charge in [-0.05, 0) is 19.4 Å². The second-order valence-corrected chi connectivity index (χ2v) is 7.98. The first-order valence-electron chi connectivity index (χ1n) is 10.1. The number of ether oxygens (including phenoxy) is 1. The molecule has 7 nitrogen and oxygen atoms in total. The Hall–Kier alpha value is -2.38. The summed E-state index contributed by atoms with van der Waals surface area (Å²) in [6, 6.07) is 9.95. The second-order valence-electron chi connectivity index (χ2n) is 7.98. The first-order valence-corrected chi connectivity index (χ1v) is 10.1. The topological polar surface area (TPSA) is 91.9 Å². The van der Waals surface area contributed by atoms with E-state index in [9.17, 15) is 5.11 Å². The summed E-state index contributed by atoms with van der Waals surface area (Å²) in [6.07, 6.45) is 1.02. The molecule has 2 atom stereocenters. The molecule has 2 aromatic rings. The Morgan fingerprint density at radius 1 is 1.24 bits per heavy atom. The van der Waals surface area contributed by atoms with Crippen molar-refractivity contribution in [3.8, 4) is 0 Å². The van der Waals surface area contributed by atoms with E-state index in [0.29, 0.717) is 31.5 Å². The molecule has 0 spiro atoms. The van der Waals surface area contributed by atoms with Crippen LogP contribution in [0.4, 0.5) is 0 Å². The van der Waals surface area contributed by atoms with E-state index in [1.165, 1.54) is 0 Å². The molecule has 1 aromatic carbocycles. The zero-order chi connectivity index (χ0) is 21.3. The molecule has 160 valence electrons. The molecule has 3 N–H and O–H groups in total. The number of nitrogens with one attached hydrogen (secondary N) is 2. The fourth-order valence-corrected chi connectivity index (χ4v) is 2.57. The maximum atomic E-state index is 10.2. The minimum Gasteiger partial charge on any atom is -0.443 e. The van der Waals surface area contributed by atoms with E-state index in [1.54, 1.807) is 6.20 Å². The predicted octanol–water partition coefficient (Wildman–Crippen LogP) is 3.17. The number of benzene rings is 1. The lowest BCUT2D eigenvalue weighted by atomic mass is 9.94. The number of nitrogens with zero attached hydrogens (tertiary/aromatic N) is 2. The Labute approximate surface area is 173 Å². The van der Waals surface area contributed by atoms with Crippen molar-refractivity contribution in [1.82, 2.24) is 15.6 Å². The van der Waals surface area contributed by atoms with Crippen LogP contribution in [0.3, 0.4) is 0 Å². The van der Waals surface area contributed by atoms with Crippen molar-refractivity contribution >= 4 is 5.96 Å². The van der Waals surface area contributed by atoms with Crippen molar-refractivity contribution in [3.63, 3.8) is 0 Å². The van der Waals surface area contributed by atoms with Crippen molar-refractivity contribution in [2.24, 2.45) is 4.99 Å². The molecule has 0 fully saturated rings. The highest BCUT2D eigenvalue weighted by Crippen LogP contribution is 2.22. The quantitative estimate of drug-likeness (QED) is 0.441. The maximum absolute atomic E-state index is 10.2. The summed E-state index contributed by atoms with van der Waals surface area (Å²) in [7, 11) is 0. The van der Waals surface area contributed by atoms with Gasteiger partial charge in [0.15, 0.2) is 5.96 Å². The Bertz CT molecular complexity index is 753. The van der Waals surface area contributed by atoms with Crippen molar-refractivity contribution in [2.75, 3.05) is 19.7 Å². The Morgan fingerprint density at radius 3 is 2.59 bits per heavy atom. The molecule has 1 heterocycles.